The van der Waals surface area contributed by atoms with Crippen LogP contribution in [-0.4, -0.2) is 16.6 Å². The number of nitrogens with two attached hydrogens (primary N) is 1. The summed E-state index contributed by atoms with van der Waals surface area (Å²) in [6.07, 6.45) is 1.80. The van der Waals surface area contributed by atoms with Gasteiger partial charge < -0.3 is 11.1 Å². The van der Waals surface area contributed by atoms with Gasteiger partial charge in [0.25, 0.3) is 0 Å². The molecule has 0 spiro atoms. The van der Waals surface area contributed by atoms with E-state index in [1.807, 2.05) is 41.9 Å². The highest BCUT2D eigenvalue weighted by atomic mass is 15.1. The number of nitrogens with one attached hydrogen (secondary N) is 1. The first-order valence-corrected chi connectivity index (χ1v) is 5.79. The average molecular weight is 238 g/mol. The number of para-hydroxylation sites is 1. The van der Waals surface area contributed by atoms with Crippen molar-refractivity contribution in [2.24, 2.45) is 0 Å². The van der Waals surface area contributed by atoms with Gasteiger partial charge in [0, 0.05) is 18.4 Å². The molecule has 0 bridgehead atoms. The number of imidazole rings is 1. The van der Waals surface area contributed by atoms with Crippen molar-refractivity contribution < 1.29 is 0 Å². The molecule has 90 valence electrons. The number of aromatic nitrogens is 2. The summed E-state index contributed by atoms with van der Waals surface area (Å²) in [5.41, 5.74) is 10.6. The van der Waals surface area contributed by atoms with Crippen LogP contribution in [-0.2, 0) is 0 Å². The molecule has 4 heteroatoms. The third-order valence-corrected chi connectivity index (χ3v) is 3.04. The largest absolute Gasteiger partial charge is 0.397 e. The van der Waals surface area contributed by atoms with Gasteiger partial charge in [-0.3, -0.25) is 4.57 Å². The molecular weight excluding hydrogens is 224 g/mol. The molecule has 0 fully saturated rings. The predicted octanol–water partition coefficient (Wildman–Crippen LogP) is 2.65. The monoisotopic (exact) mass is 238 g/mol. The van der Waals surface area contributed by atoms with Crippen molar-refractivity contribution in [3.05, 3.63) is 48.8 Å². The summed E-state index contributed by atoms with van der Waals surface area (Å²) >= 11 is 0. The van der Waals surface area contributed by atoms with Gasteiger partial charge in [-0.15, -0.1) is 0 Å². The van der Waals surface area contributed by atoms with E-state index in [9.17, 15) is 0 Å². The summed E-state index contributed by atoms with van der Waals surface area (Å²) in [5.74, 6) is 0. The Morgan fingerprint density at radius 1 is 1.11 bits per heavy atom. The molecule has 3 aromatic rings. The molecule has 0 aliphatic heterocycles. The first-order valence-electron chi connectivity index (χ1n) is 5.79. The van der Waals surface area contributed by atoms with E-state index in [0.717, 1.165) is 22.4 Å². The fourth-order valence-electron chi connectivity index (χ4n) is 2.06. The maximum absolute atomic E-state index is 5.91. The Labute approximate surface area is 105 Å². The van der Waals surface area contributed by atoms with Crippen LogP contribution >= 0.6 is 0 Å². The van der Waals surface area contributed by atoms with Crippen molar-refractivity contribution in [1.29, 1.82) is 0 Å². The molecule has 0 saturated carbocycles. The lowest BCUT2D eigenvalue weighted by Gasteiger charge is -2.06. The first kappa shape index (κ1) is 10.7. The van der Waals surface area contributed by atoms with Crippen molar-refractivity contribution in [2.75, 3.05) is 18.1 Å². The standard InChI is InChI=1S/C14H14N4/c1-16-10-5-7-11(8-6-10)18-9-17-14-12(15)3-2-4-13(14)18/h2-9,16H,15H2,1H3. The second-order valence-electron chi connectivity index (χ2n) is 4.13. The summed E-state index contributed by atoms with van der Waals surface area (Å²) in [5, 5.41) is 3.10. The van der Waals surface area contributed by atoms with E-state index in [4.69, 9.17) is 5.73 Å². The zero-order valence-electron chi connectivity index (χ0n) is 10.1. The quantitative estimate of drug-likeness (QED) is 0.675. The van der Waals surface area contributed by atoms with Crippen LogP contribution in [0.15, 0.2) is 48.8 Å². The fourth-order valence-corrected chi connectivity index (χ4v) is 2.06. The lowest BCUT2D eigenvalue weighted by Crippen LogP contribution is -1.93. The Morgan fingerprint density at radius 2 is 1.89 bits per heavy atom. The van der Waals surface area contributed by atoms with Crippen molar-refractivity contribution >= 4 is 22.4 Å². The zero-order valence-corrected chi connectivity index (χ0v) is 10.1. The Balaban J connectivity index is 2.16. The predicted molar refractivity (Wildman–Crippen MR) is 75.0 cm³/mol. The number of nitrogens with zero attached hydrogens (tertiary/aromatic N) is 2. The summed E-state index contributed by atoms with van der Waals surface area (Å²) < 4.78 is 2.03. The molecule has 1 aromatic heterocycles. The second kappa shape index (κ2) is 4.07. The van der Waals surface area contributed by atoms with Gasteiger partial charge in [-0.1, -0.05) is 6.07 Å². The number of benzene rings is 2. The number of nitrogen functional groups attached to an aromatic ring is 1. The molecule has 0 atom stereocenters. The Bertz CT molecular complexity index is 683. The van der Waals surface area contributed by atoms with E-state index < -0.39 is 0 Å². The van der Waals surface area contributed by atoms with Crippen molar-refractivity contribution in [2.45, 2.75) is 0 Å². The van der Waals surface area contributed by atoms with Gasteiger partial charge in [0.15, 0.2) is 0 Å². The highest BCUT2D eigenvalue weighted by Crippen LogP contribution is 2.23. The number of anilines is 2. The second-order valence-corrected chi connectivity index (χ2v) is 4.13. The highest BCUT2D eigenvalue weighted by molar-refractivity contribution is 5.88. The van der Waals surface area contributed by atoms with Crippen LogP contribution in [0.2, 0.25) is 0 Å². The van der Waals surface area contributed by atoms with Gasteiger partial charge in [-0.2, -0.15) is 0 Å². The van der Waals surface area contributed by atoms with Crippen LogP contribution in [0.25, 0.3) is 16.7 Å². The lowest BCUT2D eigenvalue weighted by molar-refractivity contribution is 1.09. The maximum atomic E-state index is 5.91. The first-order chi connectivity index (χ1) is 8.79. The fraction of sp³-hybridized carbons (Fsp3) is 0.0714. The van der Waals surface area contributed by atoms with E-state index >= 15 is 0 Å². The smallest absolute Gasteiger partial charge is 0.112 e. The average Bonchev–Trinajstić information content (AvgIpc) is 2.84. The SMILES string of the molecule is CNc1ccc(-n2cnc3c(N)cccc32)cc1. The van der Waals surface area contributed by atoms with Gasteiger partial charge in [0.1, 0.15) is 11.8 Å². The summed E-state index contributed by atoms with van der Waals surface area (Å²) in [7, 11) is 1.91. The normalized spacial score (nSPS) is 10.7. The maximum Gasteiger partial charge on any atom is 0.112 e. The van der Waals surface area contributed by atoms with Crippen LogP contribution in [0.1, 0.15) is 0 Å². The number of fused-ring (bicyclic) bond motifs is 1. The van der Waals surface area contributed by atoms with E-state index in [-0.39, 0.29) is 0 Å². The molecule has 3 rings (SSSR count). The third kappa shape index (κ3) is 1.59. The molecule has 0 radical (unpaired) electrons. The van der Waals surface area contributed by atoms with Crippen LogP contribution in [0.4, 0.5) is 11.4 Å². The van der Waals surface area contributed by atoms with E-state index in [1.165, 1.54) is 0 Å². The van der Waals surface area contributed by atoms with Crippen molar-refractivity contribution in [1.82, 2.24) is 9.55 Å². The third-order valence-electron chi connectivity index (χ3n) is 3.04. The van der Waals surface area contributed by atoms with Gasteiger partial charge in [0.05, 0.1) is 11.2 Å². The molecular formula is C14H14N4. The summed E-state index contributed by atoms with van der Waals surface area (Å²) in [6, 6.07) is 14.0. The van der Waals surface area contributed by atoms with Gasteiger partial charge in [0.2, 0.25) is 0 Å². The Hall–Kier alpha value is -2.49. The van der Waals surface area contributed by atoms with E-state index in [0.29, 0.717) is 5.69 Å². The molecule has 4 nitrogen and oxygen atoms in total. The van der Waals surface area contributed by atoms with Gasteiger partial charge >= 0.3 is 0 Å². The summed E-state index contributed by atoms with van der Waals surface area (Å²) in [4.78, 5) is 4.36. The van der Waals surface area contributed by atoms with Crippen LogP contribution < -0.4 is 11.1 Å². The number of rotatable bonds is 2. The molecule has 3 N–H and O–H groups in total. The molecule has 0 aliphatic carbocycles. The minimum absolute atomic E-state index is 0.707. The molecule has 0 unspecified atom stereocenters. The van der Waals surface area contributed by atoms with E-state index in [1.54, 1.807) is 6.33 Å². The molecule has 0 amide bonds. The molecule has 0 saturated heterocycles. The van der Waals surface area contributed by atoms with Gasteiger partial charge in [-0.05, 0) is 36.4 Å². The molecule has 0 aliphatic rings. The molecule has 2 aromatic carbocycles. The summed E-state index contributed by atoms with van der Waals surface area (Å²) in [6.45, 7) is 0. The number of hydrogen-bond acceptors (Lipinski definition) is 3. The number of hydrogen-bond donors (Lipinski definition) is 2. The lowest BCUT2D eigenvalue weighted by atomic mass is 10.2. The van der Waals surface area contributed by atoms with Gasteiger partial charge in [-0.25, -0.2) is 4.98 Å². The van der Waals surface area contributed by atoms with Crippen LogP contribution in [0, 0.1) is 0 Å². The Kier molecular flexibility index (Phi) is 2.41. The van der Waals surface area contributed by atoms with Crippen LogP contribution in [0.3, 0.4) is 0 Å². The molecule has 1 heterocycles. The highest BCUT2D eigenvalue weighted by Gasteiger charge is 2.06. The van der Waals surface area contributed by atoms with Crippen molar-refractivity contribution in [3.63, 3.8) is 0 Å². The van der Waals surface area contributed by atoms with E-state index in [2.05, 4.69) is 22.4 Å². The molecule has 18 heavy (non-hydrogen) atoms. The topological polar surface area (TPSA) is 55.9 Å². The van der Waals surface area contributed by atoms with Crippen LogP contribution in [0.5, 0.6) is 0 Å². The zero-order chi connectivity index (χ0) is 12.5. The minimum Gasteiger partial charge on any atom is -0.397 e. The minimum atomic E-state index is 0.707. The van der Waals surface area contributed by atoms with Crippen molar-refractivity contribution in [3.8, 4) is 5.69 Å². The Morgan fingerprint density at radius 3 is 2.61 bits per heavy atom.